The topological polar surface area (TPSA) is 43.1 Å². The third-order valence-corrected chi connectivity index (χ3v) is 0.971. The first-order valence-corrected chi connectivity index (χ1v) is 2.29. The second-order valence-electron chi connectivity index (χ2n) is 1.55. The number of nitrogens with zero attached hydrogens (tertiary/aromatic N) is 1. The summed E-state index contributed by atoms with van der Waals surface area (Å²) in [5.41, 5.74) is 0. The molecular formula is C5H5NNiO2. The fraction of sp³-hybridized carbons (Fsp3) is 0.200. The predicted octanol–water partition coefficient (Wildman–Crippen LogP) is 0.755. The van der Waals surface area contributed by atoms with E-state index in [-0.39, 0.29) is 21.4 Å². The fourth-order valence-corrected chi connectivity index (χ4v) is 0.561. The maximum Gasteiger partial charge on any atom is 0.250 e. The van der Waals surface area contributed by atoms with Crippen LogP contribution in [0.15, 0.2) is 24.3 Å². The van der Waals surface area contributed by atoms with E-state index in [0.29, 0.717) is 0 Å². The Hall–Kier alpha value is -0.626. The van der Waals surface area contributed by atoms with Crippen molar-refractivity contribution in [1.82, 2.24) is 0 Å². The molecule has 0 atom stereocenters. The van der Waals surface area contributed by atoms with Gasteiger partial charge in [0.25, 0.3) is 0 Å². The van der Waals surface area contributed by atoms with Crippen LogP contribution in [0.25, 0.3) is 0 Å². The maximum absolute atomic E-state index is 9.90. The van der Waals surface area contributed by atoms with E-state index in [0.717, 1.165) is 0 Å². The van der Waals surface area contributed by atoms with Crippen molar-refractivity contribution in [2.75, 3.05) is 0 Å². The van der Waals surface area contributed by atoms with Crippen LogP contribution in [0.4, 0.5) is 0 Å². The SMILES string of the molecule is O=[N+]([O-])C1C=CC=C1.[Ni]. The minimum Gasteiger partial charge on any atom is -0.264 e. The Labute approximate surface area is 62.5 Å². The Bertz CT molecular complexity index is 152. The molecule has 0 unspecified atom stereocenters. The van der Waals surface area contributed by atoms with Gasteiger partial charge in [-0.1, -0.05) is 12.2 Å². The van der Waals surface area contributed by atoms with Gasteiger partial charge in [-0.05, 0) is 12.2 Å². The van der Waals surface area contributed by atoms with Crippen molar-refractivity contribution in [2.45, 2.75) is 6.04 Å². The normalized spacial score (nSPS) is 15.6. The minimum absolute atomic E-state index is 0. The van der Waals surface area contributed by atoms with E-state index in [9.17, 15) is 10.1 Å². The molecule has 0 aromatic heterocycles. The average molecular weight is 170 g/mol. The number of hydrogen-bond acceptors (Lipinski definition) is 2. The van der Waals surface area contributed by atoms with Crippen molar-refractivity contribution >= 4 is 0 Å². The molecule has 52 valence electrons. The van der Waals surface area contributed by atoms with E-state index in [2.05, 4.69) is 0 Å². The van der Waals surface area contributed by atoms with Crippen LogP contribution >= 0.6 is 0 Å². The van der Waals surface area contributed by atoms with Crippen LogP contribution in [0.2, 0.25) is 0 Å². The quantitative estimate of drug-likeness (QED) is 0.331. The van der Waals surface area contributed by atoms with Crippen LogP contribution in [-0.4, -0.2) is 11.0 Å². The summed E-state index contributed by atoms with van der Waals surface area (Å²) in [6.07, 6.45) is 6.43. The first kappa shape index (κ1) is 8.37. The molecule has 0 N–H and O–H groups in total. The van der Waals surface area contributed by atoms with E-state index in [1.807, 2.05) is 0 Å². The summed E-state index contributed by atoms with van der Waals surface area (Å²) >= 11 is 0. The van der Waals surface area contributed by atoms with Crippen LogP contribution in [0.3, 0.4) is 0 Å². The molecule has 0 fully saturated rings. The smallest absolute Gasteiger partial charge is 0.250 e. The molecule has 9 heavy (non-hydrogen) atoms. The molecule has 0 spiro atoms. The molecule has 0 radical (unpaired) electrons. The largest absolute Gasteiger partial charge is 0.264 e. The maximum atomic E-state index is 9.90. The molecule has 0 aromatic carbocycles. The van der Waals surface area contributed by atoms with Gasteiger partial charge in [-0.25, -0.2) is 0 Å². The Morgan fingerprint density at radius 2 is 1.78 bits per heavy atom. The van der Waals surface area contributed by atoms with Gasteiger partial charge in [-0.2, -0.15) is 0 Å². The molecule has 1 rings (SSSR count). The van der Waals surface area contributed by atoms with Gasteiger partial charge in [-0.15, -0.1) is 0 Å². The molecule has 1 aliphatic carbocycles. The number of nitro groups is 1. The molecule has 4 heteroatoms. The molecule has 1 aliphatic rings. The summed E-state index contributed by atoms with van der Waals surface area (Å²) < 4.78 is 0. The van der Waals surface area contributed by atoms with Crippen molar-refractivity contribution in [3.63, 3.8) is 0 Å². The van der Waals surface area contributed by atoms with Gasteiger partial charge in [-0.3, -0.25) is 10.1 Å². The van der Waals surface area contributed by atoms with E-state index >= 15 is 0 Å². The standard InChI is InChI=1S/C5H5NO2.Ni/c7-6(8)5-3-1-2-4-5;/h1-5H;. The Balaban J connectivity index is 0.000000640. The van der Waals surface area contributed by atoms with Crippen molar-refractivity contribution < 1.29 is 21.4 Å². The fourth-order valence-electron chi connectivity index (χ4n) is 0.561. The molecule has 0 aliphatic heterocycles. The van der Waals surface area contributed by atoms with Gasteiger partial charge in [0.05, 0.1) is 0 Å². The third-order valence-electron chi connectivity index (χ3n) is 0.971. The second kappa shape index (κ2) is 3.41. The Morgan fingerprint density at radius 3 is 2.00 bits per heavy atom. The summed E-state index contributed by atoms with van der Waals surface area (Å²) in [5.74, 6) is 0. The van der Waals surface area contributed by atoms with E-state index in [1.54, 1.807) is 24.3 Å². The monoisotopic (exact) mass is 169 g/mol. The first-order chi connectivity index (χ1) is 3.80. The number of rotatable bonds is 1. The molecule has 3 nitrogen and oxygen atoms in total. The molecular weight excluding hydrogens is 165 g/mol. The number of allylic oxidation sites excluding steroid dienone is 2. The zero-order chi connectivity index (χ0) is 5.98. The molecule has 0 amide bonds. The molecule has 0 bridgehead atoms. The van der Waals surface area contributed by atoms with E-state index in [1.165, 1.54) is 0 Å². The number of hydrogen-bond donors (Lipinski definition) is 0. The summed E-state index contributed by atoms with van der Waals surface area (Å²) in [6, 6.07) is -0.574. The minimum atomic E-state index is -0.574. The van der Waals surface area contributed by atoms with Crippen LogP contribution in [0, 0.1) is 10.1 Å². The summed E-state index contributed by atoms with van der Waals surface area (Å²) in [6.45, 7) is 0. The van der Waals surface area contributed by atoms with Gasteiger partial charge in [0, 0.05) is 21.4 Å². The zero-order valence-electron chi connectivity index (χ0n) is 4.47. The zero-order valence-corrected chi connectivity index (χ0v) is 5.45. The van der Waals surface area contributed by atoms with Gasteiger partial charge >= 0.3 is 0 Å². The summed E-state index contributed by atoms with van der Waals surface area (Å²) in [4.78, 5) is 9.57. The molecule has 0 aromatic rings. The van der Waals surface area contributed by atoms with Crippen molar-refractivity contribution in [2.24, 2.45) is 0 Å². The third kappa shape index (κ3) is 1.98. The molecule has 0 saturated heterocycles. The Morgan fingerprint density at radius 1 is 1.33 bits per heavy atom. The van der Waals surface area contributed by atoms with Gasteiger partial charge in [0.15, 0.2) is 0 Å². The average Bonchev–Trinajstić information content (AvgIpc) is 2.12. The predicted molar refractivity (Wildman–Crippen MR) is 29.1 cm³/mol. The second-order valence-corrected chi connectivity index (χ2v) is 1.55. The molecule has 0 saturated carbocycles. The van der Waals surface area contributed by atoms with Crippen LogP contribution in [0.1, 0.15) is 0 Å². The van der Waals surface area contributed by atoms with Gasteiger partial charge in [0.1, 0.15) is 0 Å². The summed E-state index contributed by atoms with van der Waals surface area (Å²) in [5, 5.41) is 9.90. The van der Waals surface area contributed by atoms with Crippen LogP contribution in [0.5, 0.6) is 0 Å². The van der Waals surface area contributed by atoms with Crippen LogP contribution < -0.4 is 0 Å². The van der Waals surface area contributed by atoms with E-state index < -0.39 is 6.04 Å². The van der Waals surface area contributed by atoms with Gasteiger partial charge in [0.2, 0.25) is 6.04 Å². The van der Waals surface area contributed by atoms with Gasteiger partial charge < -0.3 is 0 Å². The Kier molecular flexibility index (Phi) is 3.17. The van der Waals surface area contributed by atoms with Crippen molar-refractivity contribution in [1.29, 1.82) is 0 Å². The van der Waals surface area contributed by atoms with Crippen molar-refractivity contribution in [3.8, 4) is 0 Å². The van der Waals surface area contributed by atoms with Crippen molar-refractivity contribution in [3.05, 3.63) is 34.4 Å². The van der Waals surface area contributed by atoms with E-state index in [4.69, 9.17) is 0 Å². The summed E-state index contributed by atoms with van der Waals surface area (Å²) in [7, 11) is 0. The molecule has 0 heterocycles. The first-order valence-electron chi connectivity index (χ1n) is 2.29. The van der Waals surface area contributed by atoms with Crippen LogP contribution in [-0.2, 0) is 16.5 Å².